The highest BCUT2D eigenvalue weighted by Gasteiger charge is 2.11. The first kappa shape index (κ1) is 14.1. The Kier molecular flexibility index (Phi) is 5.12. The zero-order valence-corrected chi connectivity index (χ0v) is 11.2. The average Bonchev–Trinajstić information content (AvgIpc) is 2.51. The Morgan fingerprint density at radius 2 is 1.25 bits per heavy atom. The van der Waals surface area contributed by atoms with Crippen LogP contribution in [-0.2, 0) is 22.4 Å². The lowest BCUT2D eigenvalue weighted by molar-refractivity contribution is -0.108. The van der Waals surface area contributed by atoms with Crippen LogP contribution < -0.4 is 0 Å². The molecule has 0 amide bonds. The third kappa shape index (κ3) is 3.35. The molecular formula is C16H16N2O2. The molecule has 0 bridgehead atoms. The van der Waals surface area contributed by atoms with Gasteiger partial charge >= 0.3 is 0 Å². The molecule has 0 fully saturated rings. The van der Waals surface area contributed by atoms with Crippen LogP contribution in [0.1, 0.15) is 24.0 Å². The molecule has 2 aromatic heterocycles. The molecule has 0 atom stereocenters. The van der Waals surface area contributed by atoms with E-state index in [0.717, 1.165) is 35.1 Å². The summed E-state index contributed by atoms with van der Waals surface area (Å²) in [6.07, 6.45) is 7.48. The minimum absolute atomic E-state index is 0.467. The molecule has 0 aromatic carbocycles. The summed E-state index contributed by atoms with van der Waals surface area (Å²) in [5.74, 6) is 0. The number of pyridine rings is 2. The van der Waals surface area contributed by atoms with Gasteiger partial charge in [0.05, 0.1) is 11.4 Å². The van der Waals surface area contributed by atoms with E-state index < -0.39 is 0 Å². The quantitative estimate of drug-likeness (QED) is 0.723. The van der Waals surface area contributed by atoms with E-state index in [1.807, 2.05) is 24.3 Å². The lowest BCUT2D eigenvalue weighted by Gasteiger charge is -2.10. The molecule has 0 spiro atoms. The Bertz CT molecular complexity index is 543. The van der Waals surface area contributed by atoms with Gasteiger partial charge in [0.1, 0.15) is 12.6 Å². The first-order valence-electron chi connectivity index (χ1n) is 6.62. The van der Waals surface area contributed by atoms with E-state index in [1.165, 1.54) is 0 Å². The van der Waals surface area contributed by atoms with Crippen molar-refractivity contribution in [2.24, 2.45) is 0 Å². The Morgan fingerprint density at radius 3 is 1.65 bits per heavy atom. The van der Waals surface area contributed by atoms with Gasteiger partial charge in [-0.2, -0.15) is 0 Å². The van der Waals surface area contributed by atoms with Gasteiger partial charge in [-0.05, 0) is 36.1 Å². The van der Waals surface area contributed by atoms with Crippen LogP contribution in [0.3, 0.4) is 0 Å². The van der Waals surface area contributed by atoms with E-state index >= 15 is 0 Å². The van der Waals surface area contributed by atoms with Crippen molar-refractivity contribution >= 4 is 12.6 Å². The van der Waals surface area contributed by atoms with Gasteiger partial charge in [-0.3, -0.25) is 9.97 Å². The first-order valence-corrected chi connectivity index (χ1v) is 6.62. The Balaban J connectivity index is 2.40. The number of carbonyl (C=O) groups excluding carboxylic acids is 2. The van der Waals surface area contributed by atoms with Crippen LogP contribution in [0.25, 0.3) is 11.4 Å². The minimum atomic E-state index is 0.467. The van der Waals surface area contributed by atoms with Gasteiger partial charge in [-0.25, -0.2) is 0 Å². The Hall–Kier alpha value is -2.36. The van der Waals surface area contributed by atoms with Gasteiger partial charge < -0.3 is 9.59 Å². The maximum Gasteiger partial charge on any atom is 0.120 e. The number of aromatic nitrogens is 2. The molecule has 2 heterocycles. The highest BCUT2D eigenvalue weighted by molar-refractivity contribution is 5.64. The zero-order chi connectivity index (χ0) is 14.2. The van der Waals surface area contributed by atoms with Gasteiger partial charge in [0.15, 0.2) is 0 Å². The van der Waals surface area contributed by atoms with Crippen LogP contribution in [0.2, 0.25) is 0 Å². The molecule has 0 N–H and O–H groups in total. The molecule has 0 aliphatic heterocycles. The fraction of sp³-hybridized carbons (Fsp3) is 0.250. The highest BCUT2D eigenvalue weighted by atomic mass is 16.1. The Labute approximate surface area is 117 Å². The second-order valence-electron chi connectivity index (χ2n) is 4.43. The van der Waals surface area contributed by atoms with Crippen molar-refractivity contribution in [3.63, 3.8) is 0 Å². The van der Waals surface area contributed by atoms with Crippen LogP contribution in [0, 0.1) is 0 Å². The molecule has 20 heavy (non-hydrogen) atoms. The number of rotatable bonds is 7. The van der Waals surface area contributed by atoms with E-state index in [1.54, 1.807) is 12.4 Å². The molecule has 0 radical (unpaired) electrons. The fourth-order valence-electron chi connectivity index (χ4n) is 2.14. The molecule has 2 rings (SSSR count). The van der Waals surface area contributed by atoms with Gasteiger partial charge in [-0.1, -0.05) is 12.1 Å². The molecule has 102 valence electrons. The lowest BCUT2D eigenvalue weighted by atomic mass is 10.0. The Morgan fingerprint density at radius 1 is 0.800 bits per heavy atom. The summed E-state index contributed by atoms with van der Waals surface area (Å²) in [6, 6.07) is 7.64. The van der Waals surface area contributed by atoms with E-state index in [-0.39, 0.29) is 0 Å². The van der Waals surface area contributed by atoms with Crippen LogP contribution in [0.5, 0.6) is 0 Å². The van der Waals surface area contributed by atoms with Crippen LogP contribution >= 0.6 is 0 Å². The van der Waals surface area contributed by atoms with E-state index in [2.05, 4.69) is 9.97 Å². The molecule has 0 aliphatic carbocycles. The largest absolute Gasteiger partial charge is 0.303 e. The standard InChI is InChI=1S/C16H16N2O2/c19-11-3-7-13-5-1-9-17-15(13)16-14(8-4-12-20)6-2-10-18-16/h1-2,5-6,9-12H,3-4,7-8H2. The summed E-state index contributed by atoms with van der Waals surface area (Å²) in [4.78, 5) is 29.9. The fourth-order valence-corrected chi connectivity index (χ4v) is 2.14. The topological polar surface area (TPSA) is 59.9 Å². The molecular weight excluding hydrogens is 252 g/mol. The van der Waals surface area contributed by atoms with E-state index in [0.29, 0.717) is 25.7 Å². The van der Waals surface area contributed by atoms with Crippen molar-refractivity contribution in [2.75, 3.05) is 0 Å². The maximum atomic E-state index is 10.6. The number of aldehydes is 2. The van der Waals surface area contributed by atoms with Crippen LogP contribution in [0.4, 0.5) is 0 Å². The summed E-state index contributed by atoms with van der Waals surface area (Å²) < 4.78 is 0. The summed E-state index contributed by atoms with van der Waals surface area (Å²) in [5, 5.41) is 0. The molecule has 0 saturated carbocycles. The highest BCUT2D eigenvalue weighted by Crippen LogP contribution is 2.24. The minimum Gasteiger partial charge on any atom is -0.303 e. The van der Waals surface area contributed by atoms with Gasteiger partial charge in [0.2, 0.25) is 0 Å². The smallest absolute Gasteiger partial charge is 0.120 e. The van der Waals surface area contributed by atoms with Crippen molar-refractivity contribution in [1.29, 1.82) is 0 Å². The van der Waals surface area contributed by atoms with Gasteiger partial charge in [-0.15, -0.1) is 0 Å². The third-order valence-electron chi connectivity index (χ3n) is 3.07. The normalized spacial score (nSPS) is 10.2. The zero-order valence-electron chi connectivity index (χ0n) is 11.2. The monoisotopic (exact) mass is 268 g/mol. The van der Waals surface area contributed by atoms with Crippen LogP contribution in [-0.4, -0.2) is 22.5 Å². The number of carbonyl (C=O) groups is 2. The molecule has 0 unspecified atom stereocenters. The molecule has 4 nitrogen and oxygen atoms in total. The van der Waals surface area contributed by atoms with Crippen molar-refractivity contribution in [3.8, 4) is 11.4 Å². The van der Waals surface area contributed by atoms with E-state index in [4.69, 9.17) is 0 Å². The van der Waals surface area contributed by atoms with Crippen molar-refractivity contribution < 1.29 is 9.59 Å². The van der Waals surface area contributed by atoms with Crippen molar-refractivity contribution in [2.45, 2.75) is 25.7 Å². The SMILES string of the molecule is O=CCCc1cccnc1-c1ncccc1CCC=O. The molecule has 0 aliphatic rings. The lowest BCUT2D eigenvalue weighted by Crippen LogP contribution is -2.00. The molecule has 0 saturated heterocycles. The number of nitrogens with zero attached hydrogens (tertiary/aromatic N) is 2. The number of aryl methyl sites for hydroxylation is 2. The second kappa shape index (κ2) is 7.28. The van der Waals surface area contributed by atoms with Crippen molar-refractivity contribution in [1.82, 2.24) is 9.97 Å². The van der Waals surface area contributed by atoms with Gasteiger partial charge in [0.25, 0.3) is 0 Å². The number of hydrogen-bond acceptors (Lipinski definition) is 4. The summed E-state index contributed by atoms with van der Waals surface area (Å²) in [7, 11) is 0. The number of hydrogen-bond donors (Lipinski definition) is 0. The summed E-state index contributed by atoms with van der Waals surface area (Å²) in [6.45, 7) is 0. The first-order chi connectivity index (χ1) is 9.86. The predicted molar refractivity (Wildman–Crippen MR) is 76.2 cm³/mol. The summed E-state index contributed by atoms with van der Waals surface area (Å²) in [5.41, 5.74) is 3.61. The van der Waals surface area contributed by atoms with Crippen molar-refractivity contribution in [3.05, 3.63) is 47.8 Å². The second-order valence-corrected chi connectivity index (χ2v) is 4.43. The third-order valence-corrected chi connectivity index (χ3v) is 3.07. The van der Waals surface area contributed by atoms with Gasteiger partial charge in [0, 0.05) is 25.2 Å². The van der Waals surface area contributed by atoms with E-state index in [9.17, 15) is 9.59 Å². The average molecular weight is 268 g/mol. The van der Waals surface area contributed by atoms with Crippen LogP contribution in [0.15, 0.2) is 36.7 Å². The molecule has 2 aromatic rings. The molecule has 4 heteroatoms. The summed E-state index contributed by atoms with van der Waals surface area (Å²) >= 11 is 0. The maximum absolute atomic E-state index is 10.6. The predicted octanol–water partition coefficient (Wildman–Crippen LogP) is 2.41.